The van der Waals surface area contributed by atoms with Crippen LogP contribution in [0.25, 0.3) is 0 Å². The van der Waals surface area contributed by atoms with Crippen molar-refractivity contribution in [2.75, 3.05) is 5.75 Å². The van der Waals surface area contributed by atoms with E-state index in [1.54, 1.807) is 60.7 Å². The van der Waals surface area contributed by atoms with Crippen molar-refractivity contribution in [1.82, 2.24) is 9.62 Å². The van der Waals surface area contributed by atoms with Crippen molar-refractivity contribution in [2.24, 2.45) is 0 Å². The highest BCUT2D eigenvalue weighted by Gasteiger charge is 2.25. The molecule has 0 fully saturated rings. The van der Waals surface area contributed by atoms with E-state index in [9.17, 15) is 27.9 Å². The summed E-state index contributed by atoms with van der Waals surface area (Å²) in [6.07, 6.45) is 0.162. The van der Waals surface area contributed by atoms with E-state index in [0.29, 0.717) is 43.1 Å². The van der Waals surface area contributed by atoms with Gasteiger partial charge in [0, 0.05) is 27.6 Å². The van der Waals surface area contributed by atoms with Gasteiger partial charge in [0.2, 0.25) is 10.0 Å². The van der Waals surface area contributed by atoms with Crippen LogP contribution in [0.5, 0.6) is 23.0 Å². The minimum atomic E-state index is -4.01. The lowest BCUT2D eigenvalue weighted by atomic mass is 10.1. The van der Waals surface area contributed by atoms with Crippen molar-refractivity contribution in [3.05, 3.63) is 153 Å². The third kappa shape index (κ3) is 10.3. The fourth-order valence-corrected chi connectivity index (χ4v) is 7.26. The van der Waals surface area contributed by atoms with Crippen LogP contribution in [0.2, 0.25) is 0 Å². The van der Waals surface area contributed by atoms with Crippen molar-refractivity contribution in [3.63, 3.8) is 0 Å². The van der Waals surface area contributed by atoms with Gasteiger partial charge < -0.3 is 19.5 Å². The van der Waals surface area contributed by atoms with Crippen LogP contribution >= 0.6 is 31.9 Å². The minimum Gasteiger partial charge on any atom is -0.474 e. The third-order valence-electron chi connectivity index (χ3n) is 7.28. The molecule has 0 spiro atoms. The Balaban J connectivity index is 1.23. The summed E-state index contributed by atoms with van der Waals surface area (Å²) in [5, 5.41) is 9.55. The van der Waals surface area contributed by atoms with E-state index in [4.69, 9.17) is 9.47 Å². The lowest BCUT2D eigenvalue weighted by Crippen LogP contribution is -2.36. The number of benzene rings is 5. The molecule has 0 aliphatic carbocycles. The number of halogens is 2. The number of rotatable bonds is 13. The molecule has 5 aromatic carbocycles. The Bertz CT molecular complexity index is 2070. The molecule has 13 heteroatoms. The molecular formula is C37H30Br2N2O8S. The van der Waals surface area contributed by atoms with Gasteiger partial charge in [-0.3, -0.25) is 9.59 Å². The van der Waals surface area contributed by atoms with Gasteiger partial charge in [0.05, 0.1) is 5.75 Å². The Morgan fingerprint density at radius 2 is 1.20 bits per heavy atom. The molecule has 0 unspecified atom stereocenters. The van der Waals surface area contributed by atoms with Gasteiger partial charge in [-0.15, -0.1) is 0 Å². The molecule has 2 amide bonds. The Morgan fingerprint density at radius 3 is 1.78 bits per heavy atom. The van der Waals surface area contributed by atoms with Crippen LogP contribution in [-0.4, -0.2) is 42.0 Å². The average molecular weight is 823 g/mol. The number of amides is 2. The Morgan fingerprint density at radius 1 is 0.660 bits per heavy atom. The maximum atomic E-state index is 13.0. The maximum absolute atomic E-state index is 13.0. The fraction of sp³-hybridized carbons (Fsp3) is 0.108. The number of aryl methyl sites for hydroxylation is 1. The Labute approximate surface area is 306 Å². The van der Waals surface area contributed by atoms with Gasteiger partial charge in [0.1, 0.15) is 23.0 Å². The minimum absolute atomic E-state index is 0.0281. The molecular weight excluding hydrogens is 792 g/mol. The van der Waals surface area contributed by atoms with Gasteiger partial charge >= 0.3 is 11.9 Å². The number of carbonyl (C=O) groups is 3. The van der Waals surface area contributed by atoms with Gasteiger partial charge in [-0.05, 0) is 83.8 Å². The molecule has 0 radical (unpaired) electrons. The molecule has 2 N–H and O–H groups in total. The van der Waals surface area contributed by atoms with Crippen molar-refractivity contribution < 1.29 is 37.4 Å². The molecule has 0 aliphatic rings. The van der Waals surface area contributed by atoms with Crippen molar-refractivity contribution in [1.29, 1.82) is 0 Å². The molecule has 50 heavy (non-hydrogen) atoms. The number of aliphatic carboxylic acids is 1. The van der Waals surface area contributed by atoms with Crippen LogP contribution in [-0.2, 0) is 39.1 Å². The zero-order chi connectivity index (χ0) is 35.7. The Hall–Kier alpha value is -4.98. The first-order valence-corrected chi connectivity index (χ1v) is 18.4. The Kier molecular flexibility index (Phi) is 12.1. The predicted octanol–water partition coefficient (Wildman–Crippen LogP) is 7.71. The summed E-state index contributed by atoms with van der Waals surface area (Å²) in [4.78, 5) is 38.7. The first-order chi connectivity index (χ1) is 24.0. The number of para-hydroxylation sites is 2. The summed E-state index contributed by atoms with van der Waals surface area (Å²) in [6, 6.07) is 35.1. The number of carboxylic acids is 1. The summed E-state index contributed by atoms with van der Waals surface area (Å²) in [7, 11) is -4.01. The van der Waals surface area contributed by atoms with Gasteiger partial charge in [0.15, 0.2) is 0 Å². The third-order valence-corrected chi connectivity index (χ3v) is 9.94. The SMILES string of the molecule is O=C(O)C(=O)N(Cc1cccc(Oc2ccccc2)c1)Cc1c(Br)cc(C(=O)NS(=O)(=O)CCc2ccc(Oc3ccccc3)cc2)cc1Br. The highest BCUT2D eigenvalue weighted by atomic mass is 79.9. The smallest absolute Gasteiger partial charge is 0.394 e. The van der Waals surface area contributed by atoms with E-state index in [0.717, 1.165) is 10.5 Å². The molecule has 0 aliphatic heterocycles. The van der Waals surface area contributed by atoms with Crippen molar-refractivity contribution in [2.45, 2.75) is 19.5 Å². The average Bonchev–Trinajstić information content (AvgIpc) is 3.09. The first kappa shape index (κ1) is 36.3. The van der Waals surface area contributed by atoms with E-state index in [1.165, 1.54) is 12.1 Å². The summed E-state index contributed by atoms with van der Waals surface area (Å²) in [5.74, 6) is -1.53. The zero-order valence-electron chi connectivity index (χ0n) is 26.3. The van der Waals surface area contributed by atoms with Crippen LogP contribution in [0.15, 0.2) is 130 Å². The summed E-state index contributed by atoms with van der Waals surface area (Å²) in [6.45, 7) is -0.204. The number of carbonyl (C=O) groups excluding carboxylic acids is 2. The van der Waals surface area contributed by atoms with Crippen LogP contribution in [0.4, 0.5) is 0 Å². The molecule has 0 atom stereocenters. The molecule has 0 aromatic heterocycles. The predicted molar refractivity (Wildman–Crippen MR) is 195 cm³/mol. The van der Waals surface area contributed by atoms with Gasteiger partial charge in [-0.1, -0.05) is 92.5 Å². The second-order valence-corrected chi connectivity index (χ2v) is 14.6. The largest absolute Gasteiger partial charge is 0.474 e. The molecule has 0 saturated heterocycles. The second-order valence-electron chi connectivity index (χ2n) is 11.0. The van der Waals surface area contributed by atoms with Gasteiger partial charge in [-0.2, -0.15) is 0 Å². The molecule has 5 aromatic rings. The number of hydrogen-bond acceptors (Lipinski definition) is 7. The number of carboxylic acid groups (broad SMARTS) is 1. The number of sulfonamides is 1. The fourth-order valence-electron chi connectivity index (χ4n) is 4.82. The monoisotopic (exact) mass is 820 g/mol. The molecule has 0 saturated carbocycles. The lowest BCUT2D eigenvalue weighted by Gasteiger charge is -2.23. The highest BCUT2D eigenvalue weighted by Crippen LogP contribution is 2.30. The number of nitrogens with zero attached hydrogens (tertiary/aromatic N) is 1. The van der Waals surface area contributed by atoms with E-state index in [2.05, 4.69) is 36.6 Å². The van der Waals surface area contributed by atoms with Crippen LogP contribution < -0.4 is 14.2 Å². The highest BCUT2D eigenvalue weighted by molar-refractivity contribution is 9.11. The number of nitrogens with one attached hydrogen (secondary N) is 1. The topological polar surface area (TPSA) is 139 Å². The van der Waals surface area contributed by atoms with E-state index in [1.807, 2.05) is 48.5 Å². The molecule has 0 bridgehead atoms. The van der Waals surface area contributed by atoms with E-state index >= 15 is 0 Å². The van der Waals surface area contributed by atoms with Gasteiger partial charge in [-0.25, -0.2) is 17.9 Å². The summed E-state index contributed by atoms with van der Waals surface area (Å²) >= 11 is 6.82. The molecule has 0 heterocycles. The van der Waals surface area contributed by atoms with Crippen LogP contribution in [0, 0.1) is 0 Å². The molecule has 5 rings (SSSR count). The summed E-state index contributed by atoms with van der Waals surface area (Å²) in [5.41, 5.74) is 1.86. The summed E-state index contributed by atoms with van der Waals surface area (Å²) < 4.78 is 40.1. The zero-order valence-corrected chi connectivity index (χ0v) is 30.3. The normalized spacial score (nSPS) is 11.0. The molecule has 256 valence electrons. The second kappa shape index (κ2) is 16.6. The number of ether oxygens (including phenoxy) is 2. The van der Waals surface area contributed by atoms with Crippen LogP contribution in [0.1, 0.15) is 27.0 Å². The van der Waals surface area contributed by atoms with E-state index in [-0.39, 0.29) is 30.8 Å². The van der Waals surface area contributed by atoms with Crippen molar-refractivity contribution in [3.8, 4) is 23.0 Å². The van der Waals surface area contributed by atoms with Gasteiger partial charge in [0.25, 0.3) is 5.91 Å². The maximum Gasteiger partial charge on any atom is 0.394 e. The van der Waals surface area contributed by atoms with Crippen LogP contribution in [0.3, 0.4) is 0 Å². The van der Waals surface area contributed by atoms with Crippen molar-refractivity contribution >= 4 is 59.7 Å². The number of hydrogen-bond donors (Lipinski definition) is 2. The molecule has 10 nitrogen and oxygen atoms in total. The lowest BCUT2D eigenvalue weighted by molar-refractivity contribution is -0.156. The quantitative estimate of drug-likeness (QED) is 0.115. The first-order valence-electron chi connectivity index (χ1n) is 15.1. The van der Waals surface area contributed by atoms with E-state index < -0.39 is 27.8 Å². The standard InChI is InChI=1S/C37H30Br2N2O8S/c38-33-21-27(35(42)40-50(46,47)19-18-25-14-16-30(17-15-25)48-28-9-3-1-4-10-28)22-34(39)32(33)24-41(36(43)37(44)45)23-26-8-7-13-31(20-26)49-29-11-5-2-6-12-29/h1-17,20-22H,18-19,23-24H2,(H,40,42)(H,44,45).